The summed E-state index contributed by atoms with van der Waals surface area (Å²) in [4.78, 5) is 0.0178. The van der Waals surface area contributed by atoms with Crippen LogP contribution in [0.4, 0.5) is 4.39 Å². The Bertz CT molecular complexity index is 628. The summed E-state index contributed by atoms with van der Waals surface area (Å²) in [6, 6.07) is 3.95. The fourth-order valence-corrected chi connectivity index (χ4v) is 4.45. The molecule has 1 aliphatic carbocycles. The van der Waals surface area contributed by atoms with Crippen molar-refractivity contribution in [2.24, 2.45) is 17.6 Å². The summed E-state index contributed by atoms with van der Waals surface area (Å²) in [5, 5.41) is 0. The number of hydrogen-bond donors (Lipinski definition) is 1. The van der Waals surface area contributed by atoms with Crippen LogP contribution in [0.5, 0.6) is 0 Å². The topological polar surface area (TPSA) is 63.4 Å². The van der Waals surface area contributed by atoms with Gasteiger partial charge in [-0.2, -0.15) is 4.31 Å². The minimum Gasteiger partial charge on any atom is -0.326 e. The van der Waals surface area contributed by atoms with Gasteiger partial charge in [0.2, 0.25) is 10.0 Å². The van der Waals surface area contributed by atoms with Gasteiger partial charge in [-0.1, -0.05) is 6.07 Å². The van der Waals surface area contributed by atoms with Crippen molar-refractivity contribution in [3.8, 4) is 0 Å². The van der Waals surface area contributed by atoms with Crippen molar-refractivity contribution >= 4 is 10.0 Å². The molecule has 2 atom stereocenters. The standard InChI is InChI=1S/C14H19FN2O2S/c1-9-2-5-11(6-13(9)15)20(18,19)17-7-12(10-3-4-10)14(16)8-17/h2,5-6,10,12,14H,3-4,7-8,16H2,1H3/t12-,14+/m0/s1. The lowest BCUT2D eigenvalue weighted by atomic mass is 9.99. The zero-order valence-electron chi connectivity index (χ0n) is 11.4. The molecule has 0 aromatic heterocycles. The molecule has 0 bridgehead atoms. The largest absolute Gasteiger partial charge is 0.326 e. The van der Waals surface area contributed by atoms with Crippen molar-refractivity contribution in [3.05, 3.63) is 29.6 Å². The van der Waals surface area contributed by atoms with Crippen LogP contribution in [0.1, 0.15) is 18.4 Å². The van der Waals surface area contributed by atoms with Crippen LogP contribution in [0, 0.1) is 24.6 Å². The first kappa shape index (κ1) is 14.0. The Morgan fingerprint density at radius 3 is 2.60 bits per heavy atom. The number of halogens is 1. The maximum Gasteiger partial charge on any atom is 0.243 e. The van der Waals surface area contributed by atoms with Crippen LogP contribution in [-0.2, 0) is 10.0 Å². The molecule has 20 heavy (non-hydrogen) atoms. The highest BCUT2D eigenvalue weighted by Gasteiger charge is 2.44. The first-order chi connectivity index (χ1) is 9.39. The van der Waals surface area contributed by atoms with Gasteiger partial charge in [-0.05, 0) is 49.3 Å². The molecule has 1 aromatic carbocycles. The van der Waals surface area contributed by atoms with Crippen LogP contribution in [-0.4, -0.2) is 31.9 Å². The Kier molecular flexibility index (Phi) is 3.35. The van der Waals surface area contributed by atoms with Gasteiger partial charge in [0, 0.05) is 19.1 Å². The summed E-state index contributed by atoms with van der Waals surface area (Å²) in [6.45, 7) is 2.41. The van der Waals surface area contributed by atoms with E-state index in [4.69, 9.17) is 5.73 Å². The fraction of sp³-hybridized carbons (Fsp3) is 0.571. The summed E-state index contributed by atoms with van der Waals surface area (Å²) in [5.41, 5.74) is 6.50. The van der Waals surface area contributed by atoms with Crippen LogP contribution >= 0.6 is 0 Å². The van der Waals surface area contributed by atoms with Crippen LogP contribution in [0.15, 0.2) is 23.1 Å². The van der Waals surface area contributed by atoms with E-state index in [2.05, 4.69) is 0 Å². The third-order valence-electron chi connectivity index (χ3n) is 4.39. The van der Waals surface area contributed by atoms with Crippen molar-refractivity contribution in [1.29, 1.82) is 0 Å². The number of rotatable bonds is 3. The molecule has 110 valence electrons. The zero-order valence-corrected chi connectivity index (χ0v) is 12.2. The number of hydrogen-bond acceptors (Lipinski definition) is 3. The predicted octanol–water partition coefficient (Wildman–Crippen LogP) is 1.49. The molecule has 0 spiro atoms. The molecule has 3 rings (SSSR count). The van der Waals surface area contributed by atoms with Crippen LogP contribution in [0.3, 0.4) is 0 Å². The molecule has 0 unspecified atom stereocenters. The van der Waals surface area contributed by atoms with E-state index in [1.54, 1.807) is 6.92 Å². The van der Waals surface area contributed by atoms with Gasteiger partial charge in [0.1, 0.15) is 5.82 Å². The van der Waals surface area contributed by atoms with Crippen molar-refractivity contribution < 1.29 is 12.8 Å². The molecule has 4 nitrogen and oxygen atoms in total. The van der Waals surface area contributed by atoms with E-state index in [9.17, 15) is 12.8 Å². The summed E-state index contributed by atoms with van der Waals surface area (Å²) in [5.74, 6) is 0.327. The number of nitrogens with two attached hydrogens (primary N) is 1. The van der Waals surface area contributed by atoms with Gasteiger partial charge in [-0.15, -0.1) is 0 Å². The Hall–Kier alpha value is -0.980. The van der Waals surface area contributed by atoms with E-state index in [-0.39, 0.29) is 16.9 Å². The summed E-state index contributed by atoms with van der Waals surface area (Å²) in [6.07, 6.45) is 2.29. The van der Waals surface area contributed by atoms with Gasteiger partial charge < -0.3 is 5.73 Å². The second kappa shape index (κ2) is 4.79. The minimum absolute atomic E-state index is 0.0178. The molecule has 2 aliphatic rings. The SMILES string of the molecule is Cc1ccc(S(=O)(=O)N2C[C@@H](N)[C@H](C3CC3)C2)cc1F. The van der Waals surface area contributed by atoms with Crippen molar-refractivity contribution in [1.82, 2.24) is 4.31 Å². The fourth-order valence-electron chi connectivity index (χ4n) is 2.92. The lowest BCUT2D eigenvalue weighted by Gasteiger charge is -2.16. The second-order valence-electron chi connectivity index (χ2n) is 5.90. The van der Waals surface area contributed by atoms with E-state index >= 15 is 0 Å². The maximum absolute atomic E-state index is 13.6. The molecule has 2 N–H and O–H groups in total. The van der Waals surface area contributed by atoms with E-state index in [0.29, 0.717) is 24.6 Å². The van der Waals surface area contributed by atoms with Crippen molar-refractivity contribution in [2.45, 2.75) is 30.7 Å². The minimum atomic E-state index is -3.64. The Morgan fingerprint density at radius 1 is 1.30 bits per heavy atom. The summed E-state index contributed by atoms with van der Waals surface area (Å²) < 4.78 is 40.1. The third kappa shape index (κ3) is 2.36. The molecule has 0 amide bonds. The van der Waals surface area contributed by atoms with Crippen LogP contribution < -0.4 is 5.73 Å². The van der Waals surface area contributed by atoms with E-state index in [0.717, 1.165) is 18.9 Å². The van der Waals surface area contributed by atoms with Gasteiger partial charge in [-0.25, -0.2) is 12.8 Å². The second-order valence-corrected chi connectivity index (χ2v) is 7.84. The monoisotopic (exact) mass is 298 g/mol. The number of aryl methyl sites for hydroxylation is 1. The maximum atomic E-state index is 13.6. The van der Waals surface area contributed by atoms with E-state index < -0.39 is 15.8 Å². The van der Waals surface area contributed by atoms with Crippen LogP contribution in [0.25, 0.3) is 0 Å². The highest BCUT2D eigenvalue weighted by atomic mass is 32.2. The number of sulfonamides is 1. The lowest BCUT2D eigenvalue weighted by Crippen LogP contribution is -2.32. The predicted molar refractivity (Wildman–Crippen MR) is 74.1 cm³/mol. The van der Waals surface area contributed by atoms with Gasteiger partial charge in [0.15, 0.2) is 0 Å². The smallest absolute Gasteiger partial charge is 0.243 e. The molecule has 1 heterocycles. The normalized spacial score (nSPS) is 27.9. The molecule has 1 aromatic rings. The third-order valence-corrected chi connectivity index (χ3v) is 6.22. The Balaban J connectivity index is 1.86. The van der Waals surface area contributed by atoms with Crippen molar-refractivity contribution in [2.75, 3.05) is 13.1 Å². The Labute approximate surface area is 118 Å². The molecule has 1 saturated heterocycles. The molecule has 2 fully saturated rings. The molecule has 1 aliphatic heterocycles. The molecular weight excluding hydrogens is 279 g/mol. The summed E-state index contributed by atoms with van der Waals surface area (Å²) in [7, 11) is -3.64. The number of benzene rings is 1. The first-order valence-electron chi connectivity index (χ1n) is 6.91. The molecule has 6 heteroatoms. The lowest BCUT2D eigenvalue weighted by molar-refractivity contribution is 0.427. The zero-order chi connectivity index (χ0) is 14.5. The van der Waals surface area contributed by atoms with Crippen molar-refractivity contribution in [3.63, 3.8) is 0 Å². The van der Waals surface area contributed by atoms with Gasteiger partial charge in [-0.3, -0.25) is 0 Å². The van der Waals surface area contributed by atoms with Gasteiger partial charge in [0.05, 0.1) is 4.90 Å². The quantitative estimate of drug-likeness (QED) is 0.919. The number of nitrogens with zero attached hydrogens (tertiary/aromatic N) is 1. The van der Waals surface area contributed by atoms with E-state index in [1.165, 1.54) is 16.4 Å². The average Bonchev–Trinajstić information content (AvgIpc) is 3.15. The molecule has 1 saturated carbocycles. The van der Waals surface area contributed by atoms with Gasteiger partial charge >= 0.3 is 0 Å². The summed E-state index contributed by atoms with van der Waals surface area (Å²) >= 11 is 0. The Morgan fingerprint density at radius 2 is 2.00 bits per heavy atom. The van der Waals surface area contributed by atoms with Crippen LogP contribution in [0.2, 0.25) is 0 Å². The first-order valence-corrected chi connectivity index (χ1v) is 8.35. The highest BCUT2D eigenvalue weighted by Crippen LogP contribution is 2.41. The average molecular weight is 298 g/mol. The highest BCUT2D eigenvalue weighted by molar-refractivity contribution is 7.89. The van der Waals surface area contributed by atoms with Gasteiger partial charge in [0.25, 0.3) is 0 Å². The molecule has 0 radical (unpaired) electrons. The molecular formula is C14H19FN2O2S. The van der Waals surface area contributed by atoms with E-state index in [1.807, 2.05) is 0 Å².